The highest BCUT2D eigenvalue weighted by atomic mass is 16.3. The van der Waals surface area contributed by atoms with Crippen LogP contribution in [0.2, 0.25) is 0 Å². The van der Waals surface area contributed by atoms with Gasteiger partial charge in [0.05, 0.1) is 6.54 Å². The molecule has 1 heterocycles. The van der Waals surface area contributed by atoms with Crippen LogP contribution in [-0.4, -0.2) is 28.4 Å². The van der Waals surface area contributed by atoms with Crippen LogP contribution in [0.1, 0.15) is 55.2 Å². The molecule has 0 aliphatic heterocycles. The van der Waals surface area contributed by atoms with Gasteiger partial charge in [-0.2, -0.15) is 0 Å². The number of carbonyl (C=O) groups is 1. The first-order valence-corrected chi connectivity index (χ1v) is 8.87. The van der Waals surface area contributed by atoms with Gasteiger partial charge in [0, 0.05) is 19.1 Å². The summed E-state index contributed by atoms with van der Waals surface area (Å²) in [5.41, 5.74) is 2.85. The van der Waals surface area contributed by atoms with Crippen LogP contribution in [0, 0.1) is 12.8 Å². The Balaban J connectivity index is 2.01. The standard InChI is InChI=1S/C20H29N3O2/c1-14(2)10-21-20(24)18-13-25-19(22-18)12-23(15(3)4)11-17-8-6-7-16(5)9-17/h6-9,13-15H,10-12H2,1-5H3,(H,21,24). The first-order chi connectivity index (χ1) is 11.8. The molecule has 0 fully saturated rings. The third-order valence-corrected chi connectivity index (χ3v) is 3.99. The Morgan fingerprint density at radius 1 is 1.24 bits per heavy atom. The Morgan fingerprint density at radius 2 is 2.00 bits per heavy atom. The molecule has 1 aromatic heterocycles. The van der Waals surface area contributed by atoms with Crippen molar-refractivity contribution in [2.75, 3.05) is 6.54 Å². The quantitative estimate of drug-likeness (QED) is 0.792. The molecular formula is C20H29N3O2. The van der Waals surface area contributed by atoms with Crippen molar-refractivity contribution in [2.45, 2.75) is 53.8 Å². The number of oxazole rings is 1. The average Bonchev–Trinajstić information content (AvgIpc) is 3.00. The van der Waals surface area contributed by atoms with E-state index in [0.717, 1.165) is 6.54 Å². The summed E-state index contributed by atoms with van der Waals surface area (Å²) in [6, 6.07) is 8.83. The highest BCUT2D eigenvalue weighted by molar-refractivity contribution is 5.91. The van der Waals surface area contributed by atoms with E-state index in [9.17, 15) is 4.79 Å². The number of benzene rings is 1. The van der Waals surface area contributed by atoms with Crippen molar-refractivity contribution in [3.8, 4) is 0 Å². The van der Waals surface area contributed by atoms with Gasteiger partial charge in [0.15, 0.2) is 5.69 Å². The fraction of sp³-hybridized carbons (Fsp3) is 0.500. The van der Waals surface area contributed by atoms with Gasteiger partial charge < -0.3 is 9.73 Å². The van der Waals surface area contributed by atoms with Crippen LogP contribution in [0.4, 0.5) is 0 Å². The molecule has 25 heavy (non-hydrogen) atoms. The predicted octanol–water partition coefficient (Wildman–Crippen LogP) is 3.78. The summed E-state index contributed by atoms with van der Waals surface area (Å²) in [5, 5.41) is 2.86. The van der Waals surface area contributed by atoms with Crippen molar-refractivity contribution in [1.29, 1.82) is 0 Å². The smallest absolute Gasteiger partial charge is 0.273 e. The fourth-order valence-corrected chi connectivity index (χ4v) is 2.51. The number of hydrogen-bond donors (Lipinski definition) is 1. The first kappa shape index (κ1) is 19.2. The Labute approximate surface area is 150 Å². The molecule has 5 nitrogen and oxygen atoms in total. The Bertz CT molecular complexity index is 692. The molecule has 0 atom stereocenters. The molecule has 0 saturated heterocycles. The molecule has 0 unspecified atom stereocenters. The van der Waals surface area contributed by atoms with Gasteiger partial charge in [0.2, 0.25) is 5.89 Å². The van der Waals surface area contributed by atoms with Gasteiger partial charge in [-0.15, -0.1) is 0 Å². The van der Waals surface area contributed by atoms with E-state index in [1.54, 1.807) is 0 Å². The van der Waals surface area contributed by atoms with Crippen LogP contribution in [0.15, 0.2) is 34.9 Å². The first-order valence-electron chi connectivity index (χ1n) is 8.87. The summed E-state index contributed by atoms with van der Waals surface area (Å²) in [6.07, 6.45) is 1.44. The highest BCUT2D eigenvalue weighted by Gasteiger charge is 2.17. The summed E-state index contributed by atoms with van der Waals surface area (Å²) in [5.74, 6) is 0.788. The molecule has 1 aromatic carbocycles. The van der Waals surface area contributed by atoms with Crippen molar-refractivity contribution >= 4 is 5.91 Å². The van der Waals surface area contributed by atoms with Crippen molar-refractivity contribution in [3.63, 3.8) is 0 Å². The molecule has 0 aliphatic carbocycles. The van der Waals surface area contributed by atoms with E-state index in [1.807, 2.05) is 0 Å². The number of amides is 1. The van der Waals surface area contributed by atoms with Gasteiger partial charge in [-0.25, -0.2) is 4.98 Å². The van der Waals surface area contributed by atoms with Gasteiger partial charge in [-0.1, -0.05) is 43.7 Å². The highest BCUT2D eigenvalue weighted by Crippen LogP contribution is 2.14. The number of aryl methyl sites for hydroxylation is 1. The minimum absolute atomic E-state index is 0.182. The lowest BCUT2D eigenvalue weighted by Crippen LogP contribution is -2.30. The summed E-state index contributed by atoms with van der Waals surface area (Å²) >= 11 is 0. The van der Waals surface area contributed by atoms with Gasteiger partial charge in [-0.3, -0.25) is 9.69 Å². The monoisotopic (exact) mass is 343 g/mol. The lowest BCUT2D eigenvalue weighted by Gasteiger charge is -2.25. The SMILES string of the molecule is Cc1cccc(CN(Cc2nc(C(=O)NCC(C)C)co2)C(C)C)c1. The minimum Gasteiger partial charge on any atom is -0.447 e. The molecule has 1 N–H and O–H groups in total. The lowest BCUT2D eigenvalue weighted by atomic mass is 10.1. The van der Waals surface area contributed by atoms with Gasteiger partial charge in [0.25, 0.3) is 5.91 Å². The van der Waals surface area contributed by atoms with E-state index in [2.05, 4.69) is 74.1 Å². The molecule has 2 aromatic rings. The molecular weight excluding hydrogens is 314 g/mol. The molecule has 0 aliphatic rings. The lowest BCUT2D eigenvalue weighted by molar-refractivity contribution is 0.0944. The molecule has 136 valence electrons. The van der Waals surface area contributed by atoms with Crippen LogP contribution >= 0.6 is 0 Å². The van der Waals surface area contributed by atoms with Crippen molar-refractivity contribution < 1.29 is 9.21 Å². The molecule has 0 spiro atoms. The largest absolute Gasteiger partial charge is 0.447 e. The van der Waals surface area contributed by atoms with E-state index in [4.69, 9.17) is 4.42 Å². The Kier molecular flexibility index (Phi) is 6.76. The maximum atomic E-state index is 12.1. The minimum atomic E-state index is -0.182. The van der Waals surface area contributed by atoms with Crippen molar-refractivity contribution in [3.05, 3.63) is 53.2 Å². The molecule has 0 radical (unpaired) electrons. The second kappa shape index (κ2) is 8.81. The van der Waals surface area contributed by atoms with Crippen molar-refractivity contribution in [1.82, 2.24) is 15.2 Å². The van der Waals surface area contributed by atoms with Crippen molar-refractivity contribution in [2.24, 2.45) is 5.92 Å². The molecule has 2 rings (SSSR count). The number of nitrogens with one attached hydrogen (secondary N) is 1. The van der Waals surface area contributed by atoms with E-state index in [-0.39, 0.29) is 5.91 Å². The number of carbonyl (C=O) groups excluding carboxylic acids is 1. The van der Waals surface area contributed by atoms with E-state index < -0.39 is 0 Å². The molecule has 0 saturated carbocycles. The number of aromatic nitrogens is 1. The molecule has 1 amide bonds. The number of hydrogen-bond acceptors (Lipinski definition) is 4. The molecule has 0 bridgehead atoms. The van der Waals surface area contributed by atoms with Crippen LogP contribution in [0.5, 0.6) is 0 Å². The van der Waals surface area contributed by atoms with Crippen LogP contribution in [-0.2, 0) is 13.1 Å². The second-order valence-corrected chi connectivity index (χ2v) is 7.22. The normalized spacial score (nSPS) is 11.5. The average molecular weight is 343 g/mol. The third kappa shape index (κ3) is 6.02. The Morgan fingerprint density at radius 3 is 2.64 bits per heavy atom. The summed E-state index contributed by atoms with van der Waals surface area (Å²) in [6.45, 7) is 12.5. The van der Waals surface area contributed by atoms with Crippen LogP contribution < -0.4 is 5.32 Å². The predicted molar refractivity (Wildman–Crippen MR) is 99.2 cm³/mol. The van der Waals surface area contributed by atoms with Crippen LogP contribution in [0.25, 0.3) is 0 Å². The second-order valence-electron chi connectivity index (χ2n) is 7.22. The zero-order chi connectivity index (χ0) is 18.4. The number of nitrogens with zero attached hydrogens (tertiary/aromatic N) is 2. The zero-order valence-electron chi connectivity index (χ0n) is 15.9. The summed E-state index contributed by atoms with van der Waals surface area (Å²) in [4.78, 5) is 18.7. The topological polar surface area (TPSA) is 58.4 Å². The summed E-state index contributed by atoms with van der Waals surface area (Å²) < 4.78 is 5.52. The van der Waals surface area contributed by atoms with Crippen LogP contribution in [0.3, 0.4) is 0 Å². The van der Waals surface area contributed by atoms with E-state index >= 15 is 0 Å². The fourth-order valence-electron chi connectivity index (χ4n) is 2.51. The van der Waals surface area contributed by atoms with E-state index in [1.165, 1.54) is 17.4 Å². The maximum Gasteiger partial charge on any atom is 0.273 e. The van der Waals surface area contributed by atoms with Gasteiger partial charge in [-0.05, 0) is 32.3 Å². The zero-order valence-corrected chi connectivity index (χ0v) is 15.9. The van der Waals surface area contributed by atoms with Gasteiger partial charge in [0.1, 0.15) is 6.26 Å². The number of rotatable bonds is 8. The Hall–Kier alpha value is -2.14. The van der Waals surface area contributed by atoms with E-state index in [0.29, 0.717) is 36.6 Å². The van der Waals surface area contributed by atoms with Gasteiger partial charge >= 0.3 is 0 Å². The summed E-state index contributed by atoms with van der Waals surface area (Å²) in [7, 11) is 0. The molecule has 5 heteroatoms. The third-order valence-electron chi connectivity index (χ3n) is 3.99. The maximum absolute atomic E-state index is 12.1.